The molecule has 9 nitrogen and oxygen atoms in total. The number of aromatic nitrogens is 1. The molecule has 1 aromatic carbocycles. The first kappa shape index (κ1) is 24.2. The van der Waals surface area contributed by atoms with Crippen LogP contribution in [-0.4, -0.2) is 55.6 Å². The minimum atomic E-state index is -0.209. The fourth-order valence-corrected chi connectivity index (χ4v) is 4.90. The SMILES string of the molecule is CCOC(=O)CC(CC1C=C(OCCc2ccc3c(n2)NCCC3)N(C)N1)c1ccc2c(c1)OCO2. The molecule has 0 radical (unpaired) electrons. The number of nitrogens with zero attached hydrogens (tertiary/aromatic N) is 2. The van der Waals surface area contributed by atoms with Gasteiger partial charge in [0.1, 0.15) is 5.82 Å². The van der Waals surface area contributed by atoms with Gasteiger partial charge in [0.05, 0.1) is 25.7 Å². The average Bonchev–Trinajstić information content (AvgIpc) is 3.49. The molecule has 3 aliphatic rings. The number of esters is 1. The maximum atomic E-state index is 12.4. The zero-order chi connectivity index (χ0) is 24.9. The van der Waals surface area contributed by atoms with Crippen molar-refractivity contribution in [1.82, 2.24) is 15.4 Å². The van der Waals surface area contributed by atoms with Crippen LogP contribution in [0.3, 0.4) is 0 Å². The molecule has 4 heterocycles. The van der Waals surface area contributed by atoms with E-state index in [0.29, 0.717) is 25.4 Å². The molecule has 0 saturated carbocycles. The highest BCUT2D eigenvalue weighted by Crippen LogP contribution is 2.37. The van der Waals surface area contributed by atoms with Crippen molar-refractivity contribution in [2.24, 2.45) is 0 Å². The van der Waals surface area contributed by atoms with Gasteiger partial charge < -0.3 is 24.3 Å². The monoisotopic (exact) mass is 494 g/mol. The second kappa shape index (κ2) is 11.1. The predicted molar refractivity (Wildman–Crippen MR) is 135 cm³/mol. The molecule has 36 heavy (non-hydrogen) atoms. The first-order valence-corrected chi connectivity index (χ1v) is 12.7. The van der Waals surface area contributed by atoms with Gasteiger partial charge in [0.2, 0.25) is 12.7 Å². The summed E-state index contributed by atoms with van der Waals surface area (Å²) in [6.07, 6.45) is 6.03. The van der Waals surface area contributed by atoms with Crippen LogP contribution in [0.15, 0.2) is 42.3 Å². The number of hydrogen-bond acceptors (Lipinski definition) is 9. The van der Waals surface area contributed by atoms with E-state index in [1.807, 2.05) is 37.2 Å². The summed E-state index contributed by atoms with van der Waals surface area (Å²) < 4.78 is 22.3. The van der Waals surface area contributed by atoms with E-state index in [1.165, 1.54) is 5.56 Å². The van der Waals surface area contributed by atoms with Crippen LogP contribution >= 0.6 is 0 Å². The van der Waals surface area contributed by atoms with Gasteiger partial charge in [0, 0.05) is 25.7 Å². The Labute approximate surface area is 211 Å². The van der Waals surface area contributed by atoms with E-state index >= 15 is 0 Å². The highest BCUT2D eigenvalue weighted by molar-refractivity contribution is 5.70. The average molecular weight is 495 g/mol. The van der Waals surface area contributed by atoms with Crippen LogP contribution in [0.2, 0.25) is 0 Å². The number of benzene rings is 1. The largest absolute Gasteiger partial charge is 0.478 e. The summed E-state index contributed by atoms with van der Waals surface area (Å²) in [6, 6.07) is 10.1. The van der Waals surface area contributed by atoms with E-state index in [2.05, 4.69) is 29.0 Å². The molecule has 192 valence electrons. The van der Waals surface area contributed by atoms with Crippen molar-refractivity contribution >= 4 is 11.8 Å². The molecule has 5 rings (SSSR count). The second-order valence-electron chi connectivity index (χ2n) is 9.29. The summed E-state index contributed by atoms with van der Waals surface area (Å²) in [4.78, 5) is 17.1. The van der Waals surface area contributed by atoms with Crippen molar-refractivity contribution in [3.8, 4) is 11.5 Å². The third-order valence-electron chi connectivity index (χ3n) is 6.72. The molecule has 9 heteroatoms. The van der Waals surface area contributed by atoms with Gasteiger partial charge in [-0.25, -0.2) is 10.4 Å². The van der Waals surface area contributed by atoms with Gasteiger partial charge in [-0.15, -0.1) is 0 Å². The summed E-state index contributed by atoms with van der Waals surface area (Å²) in [5.74, 6) is 2.97. The highest BCUT2D eigenvalue weighted by atomic mass is 16.7. The molecule has 2 unspecified atom stereocenters. The maximum absolute atomic E-state index is 12.4. The lowest BCUT2D eigenvalue weighted by atomic mass is 9.89. The number of fused-ring (bicyclic) bond motifs is 2. The van der Waals surface area contributed by atoms with E-state index in [-0.39, 0.29) is 31.1 Å². The lowest BCUT2D eigenvalue weighted by Gasteiger charge is -2.22. The number of carbonyl (C=O) groups is 1. The Kier molecular flexibility index (Phi) is 7.46. The van der Waals surface area contributed by atoms with Gasteiger partial charge in [-0.3, -0.25) is 9.80 Å². The first-order valence-electron chi connectivity index (χ1n) is 12.7. The molecule has 0 saturated heterocycles. The lowest BCUT2D eigenvalue weighted by molar-refractivity contribution is -0.143. The fourth-order valence-electron chi connectivity index (χ4n) is 4.90. The number of hydrogen-bond donors (Lipinski definition) is 2. The number of hydrazine groups is 1. The van der Waals surface area contributed by atoms with Crippen LogP contribution in [0.5, 0.6) is 11.5 Å². The zero-order valence-corrected chi connectivity index (χ0v) is 20.9. The second-order valence-corrected chi connectivity index (χ2v) is 9.29. The summed E-state index contributed by atoms with van der Waals surface area (Å²) in [5, 5.41) is 5.28. The Balaban J connectivity index is 1.21. The van der Waals surface area contributed by atoms with Gasteiger partial charge in [0.15, 0.2) is 11.5 Å². The third kappa shape index (κ3) is 5.67. The van der Waals surface area contributed by atoms with Crippen LogP contribution in [0.25, 0.3) is 0 Å². The van der Waals surface area contributed by atoms with Gasteiger partial charge in [0.25, 0.3) is 0 Å². The van der Waals surface area contributed by atoms with E-state index < -0.39 is 0 Å². The Morgan fingerprint density at radius 3 is 3.03 bits per heavy atom. The Bertz CT molecular complexity index is 1120. The van der Waals surface area contributed by atoms with Crippen LogP contribution in [0, 0.1) is 0 Å². The normalized spacial score (nSPS) is 18.8. The van der Waals surface area contributed by atoms with E-state index in [9.17, 15) is 4.79 Å². The molecule has 3 aliphatic heterocycles. The molecular formula is C27H34N4O5. The minimum Gasteiger partial charge on any atom is -0.478 e. The number of rotatable bonds is 10. The summed E-state index contributed by atoms with van der Waals surface area (Å²) >= 11 is 0. The number of ether oxygens (including phenoxy) is 4. The smallest absolute Gasteiger partial charge is 0.306 e. The lowest BCUT2D eigenvalue weighted by Crippen LogP contribution is -2.35. The summed E-state index contributed by atoms with van der Waals surface area (Å²) in [6.45, 7) is 3.92. The molecule has 2 aromatic rings. The summed E-state index contributed by atoms with van der Waals surface area (Å²) in [7, 11) is 1.94. The topological polar surface area (TPSA) is 94.2 Å². The quantitative estimate of drug-likeness (QED) is 0.481. The molecule has 0 amide bonds. The zero-order valence-electron chi connectivity index (χ0n) is 20.9. The van der Waals surface area contributed by atoms with Gasteiger partial charge >= 0.3 is 5.97 Å². The molecule has 1 aromatic heterocycles. The van der Waals surface area contributed by atoms with Crippen molar-refractivity contribution in [1.29, 1.82) is 0 Å². The molecule has 0 bridgehead atoms. The molecule has 0 fully saturated rings. The first-order chi connectivity index (χ1) is 17.6. The Hall–Kier alpha value is -3.46. The maximum Gasteiger partial charge on any atom is 0.306 e. The third-order valence-corrected chi connectivity index (χ3v) is 6.72. The molecule has 2 atom stereocenters. The number of anilines is 1. The van der Waals surface area contributed by atoms with Crippen LogP contribution in [-0.2, 0) is 27.1 Å². The van der Waals surface area contributed by atoms with Crippen LogP contribution < -0.4 is 20.2 Å². The van der Waals surface area contributed by atoms with Crippen molar-refractivity contribution in [3.05, 3.63) is 59.1 Å². The molecule has 0 aliphatic carbocycles. The van der Waals surface area contributed by atoms with Crippen molar-refractivity contribution in [2.45, 2.75) is 51.0 Å². The minimum absolute atomic E-state index is 0.0147. The molecule has 2 N–H and O–H groups in total. The molecule has 0 spiro atoms. The van der Waals surface area contributed by atoms with Crippen molar-refractivity contribution in [3.63, 3.8) is 0 Å². The van der Waals surface area contributed by atoms with E-state index in [1.54, 1.807) is 0 Å². The van der Waals surface area contributed by atoms with E-state index in [0.717, 1.165) is 54.5 Å². The fraction of sp³-hybridized carbons (Fsp3) is 0.481. The predicted octanol–water partition coefficient (Wildman–Crippen LogP) is 3.51. The standard InChI is InChI=1S/C27H34N4O5/c1-3-33-26(32)15-20(19-7-9-23-24(14-19)36-17-35-23)13-22-16-25(31(2)30-22)34-12-10-21-8-6-18-5-4-11-28-27(18)29-21/h6-9,14,16,20,22,30H,3-5,10-13,15,17H2,1-2H3,(H,28,29). The van der Waals surface area contributed by atoms with Gasteiger partial charge in [-0.1, -0.05) is 12.1 Å². The number of aryl methyl sites for hydroxylation is 1. The highest BCUT2D eigenvalue weighted by Gasteiger charge is 2.28. The molecular weight excluding hydrogens is 460 g/mol. The van der Waals surface area contributed by atoms with Crippen molar-refractivity contribution in [2.75, 3.05) is 38.9 Å². The van der Waals surface area contributed by atoms with Gasteiger partial charge in [-0.05, 0) is 67.5 Å². The van der Waals surface area contributed by atoms with Crippen molar-refractivity contribution < 1.29 is 23.7 Å². The Morgan fingerprint density at radius 1 is 1.25 bits per heavy atom. The number of carbonyl (C=O) groups excluding carboxylic acids is 1. The number of nitrogens with one attached hydrogen (secondary N) is 2. The number of pyridine rings is 1. The summed E-state index contributed by atoms with van der Waals surface area (Å²) in [5.41, 5.74) is 6.76. The van der Waals surface area contributed by atoms with Crippen LogP contribution in [0.4, 0.5) is 5.82 Å². The Morgan fingerprint density at radius 2 is 2.14 bits per heavy atom. The van der Waals surface area contributed by atoms with Gasteiger partial charge in [-0.2, -0.15) is 0 Å². The van der Waals surface area contributed by atoms with Crippen LogP contribution in [0.1, 0.15) is 48.9 Å². The van der Waals surface area contributed by atoms with E-state index in [4.69, 9.17) is 23.9 Å².